The average molecular weight is 347 g/mol. The van der Waals surface area contributed by atoms with Crippen LogP contribution in [0.4, 0.5) is 5.69 Å². The Morgan fingerprint density at radius 3 is 2.77 bits per heavy atom. The van der Waals surface area contributed by atoms with Crippen LogP contribution in [-0.2, 0) is 11.2 Å². The Bertz CT molecular complexity index is 1010. The first-order chi connectivity index (χ1) is 12.5. The highest BCUT2D eigenvalue weighted by atomic mass is 16.2. The monoisotopic (exact) mass is 347 g/mol. The molecular weight excluding hydrogens is 326 g/mol. The number of anilines is 1. The maximum absolute atomic E-state index is 13.1. The molecule has 5 nitrogen and oxygen atoms in total. The summed E-state index contributed by atoms with van der Waals surface area (Å²) in [6.45, 7) is 4.20. The molecule has 0 aliphatic carbocycles. The Balaban J connectivity index is 1.65. The second-order valence-corrected chi connectivity index (χ2v) is 6.75. The number of rotatable bonds is 2. The van der Waals surface area contributed by atoms with Crippen molar-refractivity contribution >= 4 is 28.4 Å². The Morgan fingerprint density at radius 2 is 1.96 bits per heavy atom. The van der Waals surface area contributed by atoms with Crippen molar-refractivity contribution in [3.63, 3.8) is 0 Å². The van der Waals surface area contributed by atoms with Crippen LogP contribution in [0.2, 0.25) is 0 Å². The van der Waals surface area contributed by atoms with Gasteiger partial charge in [-0.05, 0) is 43.2 Å². The summed E-state index contributed by atoms with van der Waals surface area (Å²) in [4.78, 5) is 29.7. The van der Waals surface area contributed by atoms with E-state index in [1.165, 1.54) is 17.9 Å². The molecule has 0 spiro atoms. The highest BCUT2D eigenvalue weighted by Crippen LogP contribution is 2.35. The first-order valence-corrected chi connectivity index (χ1v) is 8.82. The molecule has 2 heterocycles. The van der Waals surface area contributed by atoms with Crippen LogP contribution in [0.3, 0.4) is 0 Å². The molecule has 4 rings (SSSR count). The Hall–Kier alpha value is -3.08. The largest absolute Gasteiger partial charge is 0.356 e. The molecule has 5 heteroatoms. The van der Waals surface area contributed by atoms with Crippen LogP contribution >= 0.6 is 0 Å². The first kappa shape index (κ1) is 16.4. The number of para-hydroxylation sites is 1. The summed E-state index contributed by atoms with van der Waals surface area (Å²) in [5.74, 6) is -0.169. The van der Waals surface area contributed by atoms with E-state index in [-0.39, 0.29) is 17.9 Å². The molecule has 1 atom stereocenters. The normalized spacial score (nSPS) is 16.4. The molecule has 0 saturated carbocycles. The molecule has 1 aliphatic rings. The minimum atomic E-state index is -0.149. The highest BCUT2D eigenvalue weighted by molar-refractivity contribution is 5.97. The van der Waals surface area contributed by atoms with E-state index in [1.807, 2.05) is 17.0 Å². The van der Waals surface area contributed by atoms with Gasteiger partial charge in [-0.25, -0.2) is 0 Å². The SMILES string of the molecule is CC(=O)Nc1cccc(C(=O)N2CCc3c([nH]c4ccccc34)C2C)c1. The van der Waals surface area contributed by atoms with Gasteiger partial charge in [0.1, 0.15) is 0 Å². The molecule has 132 valence electrons. The van der Waals surface area contributed by atoms with Gasteiger partial charge in [0.05, 0.1) is 6.04 Å². The van der Waals surface area contributed by atoms with Gasteiger partial charge in [-0.3, -0.25) is 9.59 Å². The Morgan fingerprint density at radius 1 is 1.15 bits per heavy atom. The molecule has 1 unspecified atom stereocenters. The number of hydrogen-bond donors (Lipinski definition) is 2. The summed E-state index contributed by atoms with van der Waals surface area (Å²) in [6, 6.07) is 15.4. The van der Waals surface area contributed by atoms with Crippen molar-refractivity contribution in [2.45, 2.75) is 26.3 Å². The third kappa shape index (κ3) is 2.75. The summed E-state index contributed by atoms with van der Waals surface area (Å²) in [7, 11) is 0. The van der Waals surface area contributed by atoms with E-state index in [1.54, 1.807) is 24.3 Å². The molecule has 3 aromatic rings. The number of fused-ring (bicyclic) bond motifs is 3. The van der Waals surface area contributed by atoms with E-state index >= 15 is 0 Å². The number of benzene rings is 2. The second-order valence-electron chi connectivity index (χ2n) is 6.75. The van der Waals surface area contributed by atoms with E-state index in [0.717, 1.165) is 17.6 Å². The summed E-state index contributed by atoms with van der Waals surface area (Å²) < 4.78 is 0. The maximum atomic E-state index is 13.1. The van der Waals surface area contributed by atoms with Crippen LogP contribution in [-0.4, -0.2) is 28.2 Å². The van der Waals surface area contributed by atoms with Crippen molar-refractivity contribution < 1.29 is 9.59 Å². The van der Waals surface area contributed by atoms with Crippen LogP contribution in [0.15, 0.2) is 48.5 Å². The zero-order valence-electron chi connectivity index (χ0n) is 14.9. The van der Waals surface area contributed by atoms with Gasteiger partial charge in [-0.15, -0.1) is 0 Å². The first-order valence-electron chi connectivity index (χ1n) is 8.82. The fourth-order valence-electron chi connectivity index (χ4n) is 3.81. The second kappa shape index (κ2) is 6.33. The maximum Gasteiger partial charge on any atom is 0.254 e. The molecule has 26 heavy (non-hydrogen) atoms. The number of nitrogens with zero attached hydrogens (tertiary/aromatic N) is 1. The third-order valence-electron chi connectivity index (χ3n) is 5.03. The van der Waals surface area contributed by atoms with Crippen molar-refractivity contribution in [2.75, 3.05) is 11.9 Å². The molecule has 1 aromatic heterocycles. The van der Waals surface area contributed by atoms with Gasteiger partial charge in [0, 0.05) is 41.3 Å². The topological polar surface area (TPSA) is 65.2 Å². The number of aromatic nitrogens is 1. The number of carbonyl (C=O) groups is 2. The van der Waals surface area contributed by atoms with E-state index in [9.17, 15) is 9.59 Å². The lowest BCUT2D eigenvalue weighted by Crippen LogP contribution is -2.38. The number of H-pyrrole nitrogens is 1. The van der Waals surface area contributed by atoms with Crippen molar-refractivity contribution in [3.05, 3.63) is 65.4 Å². The quantitative estimate of drug-likeness (QED) is 0.739. The fraction of sp³-hybridized carbons (Fsp3) is 0.238. The standard InChI is InChI=1S/C21H21N3O2/c1-13-20-18(17-8-3-4-9-19(17)23-20)10-11-24(13)21(26)15-6-5-7-16(12-15)22-14(2)25/h3-9,12-13,23H,10-11H2,1-2H3,(H,22,25). The molecule has 0 bridgehead atoms. The van der Waals surface area contributed by atoms with Gasteiger partial charge in [0.15, 0.2) is 0 Å². The summed E-state index contributed by atoms with van der Waals surface area (Å²) in [6.07, 6.45) is 0.834. The van der Waals surface area contributed by atoms with Crippen LogP contribution in [0.1, 0.15) is 41.5 Å². The Labute approximate surface area is 152 Å². The molecule has 0 saturated heterocycles. The number of amides is 2. The lowest BCUT2D eigenvalue weighted by atomic mass is 9.97. The summed E-state index contributed by atoms with van der Waals surface area (Å²) in [5, 5.41) is 3.98. The zero-order chi connectivity index (χ0) is 18.3. The summed E-state index contributed by atoms with van der Waals surface area (Å²) >= 11 is 0. The Kier molecular flexibility index (Phi) is 3.99. The van der Waals surface area contributed by atoms with E-state index in [0.29, 0.717) is 17.8 Å². The lowest BCUT2D eigenvalue weighted by Gasteiger charge is -2.33. The van der Waals surface area contributed by atoms with Crippen molar-refractivity contribution in [1.82, 2.24) is 9.88 Å². The fourth-order valence-corrected chi connectivity index (χ4v) is 3.81. The molecular formula is C21H21N3O2. The molecule has 2 aromatic carbocycles. The third-order valence-corrected chi connectivity index (χ3v) is 5.03. The van der Waals surface area contributed by atoms with Gasteiger partial charge < -0.3 is 15.2 Å². The number of nitrogens with one attached hydrogen (secondary N) is 2. The van der Waals surface area contributed by atoms with E-state index in [2.05, 4.69) is 29.4 Å². The smallest absolute Gasteiger partial charge is 0.254 e. The van der Waals surface area contributed by atoms with Gasteiger partial charge in [-0.2, -0.15) is 0 Å². The van der Waals surface area contributed by atoms with Crippen molar-refractivity contribution in [1.29, 1.82) is 0 Å². The van der Waals surface area contributed by atoms with Crippen LogP contribution in [0.5, 0.6) is 0 Å². The number of carbonyl (C=O) groups excluding carboxylic acids is 2. The summed E-state index contributed by atoms with van der Waals surface area (Å²) in [5.41, 5.74) is 4.77. The molecule has 2 amide bonds. The zero-order valence-corrected chi connectivity index (χ0v) is 14.9. The van der Waals surface area contributed by atoms with Gasteiger partial charge in [0.2, 0.25) is 5.91 Å². The lowest BCUT2D eigenvalue weighted by molar-refractivity contribution is -0.114. The molecule has 0 fully saturated rings. The van der Waals surface area contributed by atoms with E-state index < -0.39 is 0 Å². The molecule has 2 N–H and O–H groups in total. The number of hydrogen-bond acceptors (Lipinski definition) is 2. The van der Waals surface area contributed by atoms with Gasteiger partial charge in [0.25, 0.3) is 5.91 Å². The van der Waals surface area contributed by atoms with Gasteiger partial charge in [-0.1, -0.05) is 24.3 Å². The van der Waals surface area contributed by atoms with Crippen LogP contribution < -0.4 is 5.32 Å². The van der Waals surface area contributed by atoms with Gasteiger partial charge >= 0.3 is 0 Å². The van der Waals surface area contributed by atoms with Crippen molar-refractivity contribution in [2.24, 2.45) is 0 Å². The van der Waals surface area contributed by atoms with Crippen LogP contribution in [0, 0.1) is 0 Å². The van der Waals surface area contributed by atoms with Crippen molar-refractivity contribution in [3.8, 4) is 0 Å². The molecule has 1 aliphatic heterocycles. The van der Waals surface area contributed by atoms with E-state index in [4.69, 9.17) is 0 Å². The predicted molar refractivity (Wildman–Crippen MR) is 102 cm³/mol. The highest BCUT2D eigenvalue weighted by Gasteiger charge is 2.30. The molecule has 0 radical (unpaired) electrons. The number of aromatic amines is 1. The van der Waals surface area contributed by atoms with Crippen LogP contribution in [0.25, 0.3) is 10.9 Å². The predicted octanol–water partition coefficient (Wildman–Crippen LogP) is 3.89. The average Bonchev–Trinajstić information content (AvgIpc) is 3.01. The minimum absolute atomic E-state index is 0.0194. The minimum Gasteiger partial charge on any atom is -0.356 e.